The Balaban J connectivity index is 2.05. The largest absolute Gasteiger partial charge is 0.493 e. The van der Waals surface area contributed by atoms with Gasteiger partial charge in [-0.25, -0.2) is 0 Å². The highest BCUT2D eigenvalue weighted by Crippen LogP contribution is 2.40. The summed E-state index contributed by atoms with van der Waals surface area (Å²) in [5.41, 5.74) is 1.71. The molecule has 2 aromatic carbocycles. The quantitative estimate of drug-likeness (QED) is 0.538. The lowest BCUT2D eigenvalue weighted by molar-refractivity contribution is -0.384. The molecule has 10 heteroatoms. The molecule has 30 heavy (non-hydrogen) atoms. The van der Waals surface area contributed by atoms with Crippen LogP contribution in [-0.2, 0) is 17.6 Å². The molecule has 0 saturated heterocycles. The maximum Gasteiger partial charge on any atom is 0.471 e. The van der Waals surface area contributed by atoms with Crippen LogP contribution < -0.4 is 9.47 Å². The first-order valence-electron chi connectivity index (χ1n) is 9.01. The molecule has 1 unspecified atom stereocenters. The Morgan fingerprint density at radius 1 is 1.17 bits per heavy atom. The van der Waals surface area contributed by atoms with Gasteiger partial charge in [-0.2, -0.15) is 13.2 Å². The van der Waals surface area contributed by atoms with Crippen LogP contribution in [0.25, 0.3) is 0 Å². The molecule has 7 nitrogen and oxygen atoms in total. The highest BCUT2D eigenvalue weighted by atomic mass is 19.4. The number of hydrogen-bond acceptors (Lipinski definition) is 5. The van der Waals surface area contributed by atoms with Crippen LogP contribution in [-0.4, -0.2) is 42.7 Å². The monoisotopic (exact) mass is 424 g/mol. The number of ether oxygens (including phenoxy) is 2. The summed E-state index contributed by atoms with van der Waals surface area (Å²) in [6.45, 7) is -0.113. The van der Waals surface area contributed by atoms with Crippen molar-refractivity contribution in [1.29, 1.82) is 0 Å². The molecule has 1 amide bonds. The van der Waals surface area contributed by atoms with Crippen molar-refractivity contribution in [2.24, 2.45) is 0 Å². The molecule has 1 aliphatic rings. The summed E-state index contributed by atoms with van der Waals surface area (Å²) in [5.74, 6) is -1.14. The highest BCUT2D eigenvalue weighted by molar-refractivity contribution is 5.82. The molecule has 0 radical (unpaired) electrons. The number of carbonyl (C=O) groups is 1. The zero-order valence-corrected chi connectivity index (χ0v) is 16.2. The van der Waals surface area contributed by atoms with Gasteiger partial charge in [-0.05, 0) is 41.7 Å². The van der Waals surface area contributed by atoms with Gasteiger partial charge in [0.25, 0.3) is 5.69 Å². The number of benzene rings is 2. The number of hydrogen-bond donors (Lipinski definition) is 0. The fraction of sp³-hybridized carbons (Fsp3) is 0.350. The fourth-order valence-corrected chi connectivity index (χ4v) is 3.63. The third kappa shape index (κ3) is 4.17. The average molecular weight is 424 g/mol. The number of halogens is 3. The van der Waals surface area contributed by atoms with Gasteiger partial charge in [0.15, 0.2) is 11.5 Å². The van der Waals surface area contributed by atoms with E-state index < -0.39 is 23.0 Å². The maximum atomic E-state index is 13.2. The Bertz CT molecular complexity index is 960. The van der Waals surface area contributed by atoms with Crippen molar-refractivity contribution in [3.05, 3.63) is 63.2 Å². The summed E-state index contributed by atoms with van der Waals surface area (Å²) in [6.07, 6.45) is -4.72. The third-order valence-corrected chi connectivity index (χ3v) is 5.08. The normalized spacial score (nSPS) is 16.0. The number of rotatable bonds is 5. The Hall–Kier alpha value is -3.30. The van der Waals surface area contributed by atoms with Crippen LogP contribution in [0.2, 0.25) is 0 Å². The highest BCUT2D eigenvalue weighted by Gasteiger charge is 2.46. The zero-order chi connectivity index (χ0) is 22.1. The molecule has 0 fully saturated rings. The number of nitrogens with zero attached hydrogens (tertiary/aromatic N) is 2. The minimum atomic E-state index is -5.01. The van der Waals surface area contributed by atoms with Crippen molar-refractivity contribution < 1.29 is 32.4 Å². The predicted molar refractivity (Wildman–Crippen MR) is 101 cm³/mol. The molecule has 1 heterocycles. The van der Waals surface area contributed by atoms with Crippen LogP contribution >= 0.6 is 0 Å². The van der Waals surface area contributed by atoms with Crippen LogP contribution in [0.5, 0.6) is 11.5 Å². The van der Waals surface area contributed by atoms with E-state index in [4.69, 9.17) is 9.47 Å². The Labute approximate surface area is 170 Å². The Morgan fingerprint density at radius 2 is 1.77 bits per heavy atom. The Morgan fingerprint density at radius 3 is 2.30 bits per heavy atom. The van der Waals surface area contributed by atoms with Gasteiger partial charge in [-0.3, -0.25) is 14.9 Å². The molecule has 0 spiro atoms. The van der Waals surface area contributed by atoms with Gasteiger partial charge >= 0.3 is 12.1 Å². The molecule has 0 bridgehead atoms. The van der Waals surface area contributed by atoms with Crippen molar-refractivity contribution in [2.45, 2.75) is 25.1 Å². The van der Waals surface area contributed by atoms with Crippen LogP contribution in [0.15, 0.2) is 36.4 Å². The van der Waals surface area contributed by atoms with Crippen LogP contribution in [0, 0.1) is 10.1 Å². The van der Waals surface area contributed by atoms with Crippen molar-refractivity contribution in [3.63, 3.8) is 0 Å². The zero-order valence-electron chi connectivity index (χ0n) is 16.2. The molecule has 0 N–H and O–H groups in total. The summed E-state index contributed by atoms with van der Waals surface area (Å²) in [5, 5.41) is 10.9. The first-order chi connectivity index (χ1) is 14.2. The second-order valence-electron chi connectivity index (χ2n) is 6.80. The van der Waals surface area contributed by atoms with E-state index in [9.17, 15) is 28.1 Å². The molecule has 1 aliphatic heterocycles. The summed E-state index contributed by atoms with van der Waals surface area (Å²) in [6, 6.07) is 7.89. The molecule has 160 valence electrons. The van der Waals surface area contributed by atoms with Gasteiger partial charge in [0, 0.05) is 18.7 Å². The molecule has 0 aliphatic carbocycles. The van der Waals surface area contributed by atoms with Crippen molar-refractivity contribution >= 4 is 11.6 Å². The SMILES string of the molecule is COc1cc2c(cc1OC)C(Cc1ccc([N+](=O)[O-])cc1)N(C(=O)C(F)(F)F)CC2. The van der Waals surface area contributed by atoms with Crippen LogP contribution in [0.1, 0.15) is 22.7 Å². The van der Waals surface area contributed by atoms with E-state index in [0.29, 0.717) is 22.6 Å². The summed E-state index contributed by atoms with van der Waals surface area (Å²) < 4.78 is 50.2. The summed E-state index contributed by atoms with van der Waals surface area (Å²) in [7, 11) is 2.87. The lowest BCUT2D eigenvalue weighted by Gasteiger charge is -2.38. The van der Waals surface area contributed by atoms with Crippen molar-refractivity contribution in [3.8, 4) is 11.5 Å². The number of alkyl halides is 3. The molecule has 3 rings (SSSR count). The molecular weight excluding hydrogens is 405 g/mol. The minimum Gasteiger partial charge on any atom is -0.493 e. The Kier molecular flexibility index (Phi) is 5.86. The van der Waals surface area contributed by atoms with E-state index in [-0.39, 0.29) is 25.1 Å². The topological polar surface area (TPSA) is 81.9 Å². The van der Waals surface area contributed by atoms with Gasteiger partial charge in [-0.1, -0.05) is 12.1 Å². The lowest BCUT2D eigenvalue weighted by Crippen LogP contribution is -2.47. The number of fused-ring (bicyclic) bond motifs is 1. The van der Waals surface area contributed by atoms with Gasteiger partial charge in [-0.15, -0.1) is 0 Å². The standard InChI is InChI=1S/C20H19F3N2O5/c1-29-17-10-13-7-8-24(19(26)20(21,22)23)16(15(13)11-18(17)30-2)9-12-3-5-14(6-4-12)25(27)28/h3-6,10-11,16H,7-9H2,1-2H3. The minimum absolute atomic E-state index is 0.0578. The number of carbonyl (C=O) groups excluding carboxylic acids is 1. The number of nitro benzene ring substituents is 1. The van der Waals surface area contributed by atoms with E-state index in [1.165, 1.54) is 38.5 Å². The molecular formula is C20H19F3N2O5. The van der Waals surface area contributed by atoms with Crippen LogP contribution in [0.4, 0.5) is 18.9 Å². The smallest absolute Gasteiger partial charge is 0.471 e. The first-order valence-corrected chi connectivity index (χ1v) is 9.01. The van der Waals surface area contributed by atoms with Crippen molar-refractivity contribution in [1.82, 2.24) is 4.90 Å². The van der Waals surface area contributed by atoms with Crippen molar-refractivity contribution in [2.75, 3.05) is 20.8 Å². The predicted octanol–water partition coefficient (Wildman–Crippen LogP) is 3.84. The maximum absolute atomic E-state index is 13.2. The summed E-state index contributed by atoms with van der Waals surface area (Å²) in [4.78, 5) is 23.2. The fourth-order valence-electron chi connectivity index (χ4n) is 3.63. The van der Waals surface area contributed by atoms with Gasteiger partial charge in [0.05, 0.1) is 25.2 Å². The van der Waals surface area contributed by atoms with E-state index >= 15 is 0 Å². The van der Waals surface area contributed by atoms with Gasteiger partial charge in [0.1, 0.15) is 0 Å². The molecule has 0 saturated carbocycles. The van der Waals surface area contributed by atoms with E-state index in [1.54, 1.807) is 12.1 Å². The molecule has 1 atom stereocenters. The third-order valence-electron chi connectivity index (χ3n) is 5.08. The first kappa shape index (κ1) is 21.4. The second kappa shape index (κ2) is 8.21. The number of non-ortho nitro benzene ring substituents is 1. The molecule has 0 aromatic heterocycles. The second-order valence-corrected chi connectivity index (χ2v) is 6.80. The van der Waals surface area contributed by atoms with E-state index in [1.807, 2.05) is 0 Å². The van der Waals surface area contributed by atoms with E-state index in [0.717, 1.165) is 10.5 Å². The molecule has 2 aromatic rings. The average Bonchev–Trinajstić information content (AvgIpc) is 2.72. The summed E-state index contributed by atoms with van der Waals surface area (Å²) >= 11 is 0. The number of methoxy groups -OCH3 is 2. The number of amides is 1. The van der Waals surface area contributed by atoms with Gasteiger partial charge in [0.2, 0.25) is 0 Å². The lowest BCUT2D eigenvalue weighted by atomic mass is 9.88. The van der Waals surface area contributed by atoms with Crippen LogP contribution in [0.3, 0.4) is 0 Å². The van der Waals surface area contributed by atoms with Gasteiger partial charge < -0.3 is 14.4 Å². The number of nitro groups is 1. The van der Waals surface area contributed by atoms with E-state index in [2.05, 4.69) is 0 Å².